The molecule has 0 radical (unpaired) electrons. The minimum Gasteiger partial charge on any atom is -0.411 e. The topological polar surface area (TPSA) is 64.8 Å². The molecular formula is C17H18N2O3. The zero-order valence-corrected chi connectivity index (χ0v) is 12.2. The number of carbonyl (C=O) groups excluding carboxylic acids is 1. The van der Waals surface area contributed by atoms with Gasteiger partial charge in [-0.3, -0.25) is 0 Å². The van der Waals surface area contributed by atoms with Crippen LogP contribution in [-0.4, -0.2) is 32.4 Å². The van der Waals surface area contributed by atoms with Gasteiger partial charge in [-0.15, -0.1) is 0 Å². The number of rotatable bonds is 3. The maximum absolute atomic E-state index is 10.7. The molecule has 114 valence electrons. The highest BCUT2D eigenvalue weighted by Crippen LogP contribution is 2.25. The molecule has 2 aromatic rings. The van der Waals surface area contributed by atoms with E-state index >= 15 is 0 Å². The number of hydrogen-bond acceptors (Lipinski definition) is 4. The molecule has 0 unspecified atom stereocenters. The van der Waals surface area contributed by atoms with Crippen LogP contribution in [0, 0.1) is 0 Å². The standard InChI is InChI=1S/C17H18N2O3/c18-17(20)22-16-7-3-14(4-8-16)13-1-5-15(6-2-13)19-9-11-21-12-10-19/h1-8H,9-12H2,(H2,18,20). The minimum atomic E-state index is -0.803. The summed E-state index contributed by atoms with van der Waals surface area (Å²) in [5, 5.41) is 0. The second-order valence-corrected chi connectivity index (χ2v) is 5.09. The van der Waals surface area contributed by atoms with Crippen LogP contribution in [0.3, 0.4) is 0 Å². The quantitative estimate of drug-likeness (QED) is 0.946. The van der Waals surface area contributed by atoms with E-state index in [2.05, 4.69) is 29.2 Å². The summed E-state index contributed by atoms with van der Waals surface area (Å²) in [7, 11) is 0. The van der Waals surface area contributed by atoms with Crippen molar-refractivity contribution in [2.24, 2.45) is 5.73 Å². The predicted octanol–water partition coefficient (Wildman–Crippen LogP) is 2.65. The van der Waals surface area contributed by atoms with Gasteiger partial charge in [0.05, 0.1) is 13.2 Å². The lowest BCUT2D eigenvalue weighted by Gasteiger charge is -2.28. The minimum absolute atomic E-state index is 0.446. The highest BCUT2D eigenvalue weighted by atomic mass is 16.5. The van der Waals surface area contributed by atoms with E-state index in [4.69, 9.17) is 15.2 Å². The SMILES string of the molecule is NC(=O)Oc1ccc(-c2ccc(N3CCOCC3)cc2)cc1. The number of amides is 1. The van der Waals surface area contributed by atoms with Crippen LogP contribution in [0.15, 0.2) is 48.5 Å². The first-order chi connectivity index (χ1) is 10.7. The van der Waals surface area contributed by atoms with Crippen molar-refractivity contribution in [3.05, 3.63) is 48.5 Å². The Balaban J connectivity index is 1.73. The van der Waals surface area contributed by atoms with E-state index in [1.165, 1.54) is 5.69 Å². The van der Waals surface area contributed by atoms with Gasteiger partial charge in [0.15, 0.2) is 0 Å². The third-order valence-electron chi connectivity index (χ3n) is 3.65. The number of nitrogens with two attached hydrogens (primary N) is 1. The average Bonchev–Trinajstić information content (AvgIpc) is 2.56. The first-order valence-electron chi connectivity index (χ1n) is 7.23. The van der Waals surface area contributed by atoms with E-state index in [1.807, 2.05) is 12.1 Å². The molecule has 1 aliphatic rings. The molecule has 5 nitrogen and oxygen atoms in total. The van der Waals surface area contributed by atoms with Gasteiger partial charge in [-0.05, 0) is 35.4 Å². The lowest BCUT2D eigenvalue weighted by atomic mass is 10.0. The molecule has 2 N–H and O–H groups in total. The lowest BCUT2D eigenvalue weighted by Crippen LogP contribution is -2.36. The maximum atomic E-state index is 10.7. The summed E-state index contributed by atoms with van der Waals surface area (Å²) in [6.45, 7) is 3.42. The van der Waals surface area contributed by atoms with Crippen LogP contribution in [0.1, 0.15) is 0 Å². The fourth-order valence-corrected chi connectivity index (χ4v) is 2.52. The fourth-order valence-electron chi connectivity index (χ4n) is 2.52. The molecule has 1 saturated heterocycles. The third kappa shape index (κ3) is 3.38. The highest BCUT2D eigenvalue weighted by Gasteiger charge is 2.11. The van der Waals surface area contributed by atoms with Crippen LogP contribution in [0.2, 0.25) is 0 Å². The largest absolute Gasteiger partial charge is 0.411 e. The summed E-state index contributed by atoms with van der Waals surface area (Å²) >= 11 is 0. The van der Waals surface area contributed by atoms with Gasteiger partial charge in [-0.25, -0.2) is 4.79 Å². The first kappa shape index (κ1) is 14.4. The third-order valence-corrected chi connectivity index (χ3v) is 3.65. The van der Waals surface area contributed by atoms with Crippen LogP contribution in [-0.2, 0) is 4.74 Å². The molecule has 0 aromatic heterocycles. The molecular weight excluding hydrogens is 280 g/mol. The van der Waals surface area contributed by atoms with E-state index in [9.17, 15) is 4.79 Å². The summed E-state index contributed by atoms with van der Waals surface area (Å²) in [6, 6.07) is 15.7. The molecule has 3 rings (SSSR count). The molecule has 0 atom stereocenters. The summed E-state index contributed by atoms with van der Waals surface area (Å²) in [6.07, 6.45) is -0.803. The fraction of sp³-hybridized carbons (Fsp3) is 0.235. The number of anilines is 1. The van der Waals surface area contributed by atoms with Crippen molar-refractivity contribution in [2.75, 3.05) is 31.2 Å². The van der Waals surface area contributed by atoms with Crippen molar-refractivity contribution in [1.82, 2.24) is 0 Å². The van der Waals surface area contributed by atoms with Crippen molar-refractivity contribution >= 4 is 11.8 Å². The van der Waals surface area contributed by atoms with Gasteiger partial charge < -0.3 is 20.1 Å². The first-order valence-corrected chi connectivity index (χ1v) is 7.23. The van der Waals surface area contributed by atoms with Crippen molar-refractivity contribution < 1.29 is 14.3 Å². The molecule has 0 bridgehead atoms. The van der Waals surface area contributed by atoms with Crippen LogP contribution in [0.4, 0.5) is 10.5 Å². The Kier molecular flexibility index (Phi) is 4.25. The van der Waals surface area contributed by atoms with Crippen LogP contribution >= 0.6 is 0 Å². The Labute approximate surface area is 129 Å². The van der Waals surface area contributed by atoms with Gasteiger partial charge in [-0.1, -0.05) is 24.3 Å². The number of primary amides is 1. The molecule has 2 aromatic carbocycles. The summed E-state index contributed by atoms with van der Waals surface area (Å²) in [4.78, 5) is 13.0. The van der Waals surface area contributed by atoms with Gasteiger partial charge in [0.2, 0.25) is 0 Å². The summed E-state index contributed by atoms with van der Waals surface area (Å²) < 4.78 is 10.2. The van der Waals surface area contributed by atoms with Gasteiger partial charge in [0, 0.05) is 18.8 Å². The van der Waals surface area contributed by atoms with E-state index in [1.54, 1.807) is 12.1 Å². The zero-order chi connectivity index (χ0) is 15.4. The van der Waals surface area contributed by atoms with Crippen LogP contribution in [0.5, 0.6) is 5.75 Å². The molecule has 1 amide bonds. The van der Waals surface area contributed by atoms with Crippen molar-refractivity contribution in [3.8, 4) is 16.9 Å². The Hall–Kier alpha value is -2.53. The summed E-state index contributed by atoms with van der Waals surface area (Å²) in [5.41, 5.74) is 8.37. The normalized spacial score (nSPS) is 14.6. The molecule has 5 heteroatoms. The van der Waals surface area contributed by atoms with Gasteiger partial charge in [0.1, 0.15) is 5.75 Å². The Bertz CT molecular complexity index is 632. The Morgan fingerprint density at radius 1 is 0.955 bits per heavy atom. The second kappa shape index (κ2) is 6.49. The zero-order valence-electron chi connectivity index (χ0n) is 12.2. The number of benzene rings is 2. The van der Waals surface area contributed by atoms with Crippen LogP contribution in [0.25, 0.3) is 11.1 Å². The molecule has 1 fully saturated rings. The van der Waals surface area contributed by atoms with Gasteiger partial charge >= 0.3 is 6.09 Å². The van der Waals surface area contributed by atoms with Crippen molar-refractivity contribution in [3.63, 3.8) is 0 Å². The maximum Gasteiger partial charge on any atom is 0.409 e. The molecule has 0 aliphatic carbocycles. The van der Waals surface area contributed by atoms with E-state index < -0.39 is 6.09 Å². The number of carbonyl (C=O) groups is 1. The van der Waals surface area contributed by atoms with Crippen molar-refractivity contribution in [2.45, 2.75) is 0 Å². The molecule has 0 spiro atoms. The predicted molar refractivity (Wildman–Crippen MR) is 85.1 cm³/mol. The highest BCUT2D eigenvalue weighted by molar-refractivity contribution is 5.70. The number of ether oxygens (including phenoxy) is 2. The monoisotopic (exact) mass is 298 g/mol. The average molecular weight is 298 g/mol. The van der Waals surface area contributed by atoms with Gasteiger partial charge in [0.25, 0.3) is 0 Å². The second-order valence-electron chi connectivity index (χ2n) is 5.09. The smallest absolute Gasteiger partial charge is 0.409 e. The van der Waals surface area contributed by atoms with Gasteiger partial charge in [-0.2, -0.15) is 0 Å². The number of hydrogen-bond donors (Lipinski definition) is 1. The van der Waals surface area contributed by atoms with E-state index in [0.717, 1.165) is 37.4 Å². The summed E-state index contributed by atoms with van der Waals surface area (Å²) in [5.74, 6) is 0.446. The van der Waals surface area contributed by atoms with E-state index in [-0.39, 0.29) is 0 Å². The van der Waals surface area contributed by atoms with Crippen molar-refractivity contribution in [1.29, 1.82) is 0 Å². The Morgan fingerprint density at radius 2 is 1.50 bits per heavy atom. The Morgan fingerprint density at radius 3 is 2.05 bits per heavy atom. The molecule has 22 heavy (non-hydrogen) atoms. The lowest BCUT2D eigenvalue weighted by molar-refractivity contribution is 0.122. The number of nitrogens with zero attached hydrogens (tertiary/aromatic N) is 1. The number of morpholine rings is 1. The molecule has 1 heterocycles. The molecule has 1 aliphatic heterocycles. The van der Waals surface area contributed by atoms with Crippen LogP contribution < -0.4 is 15.4 Å². The van der Waals surface area contributed by atoms with E-state index in [0.29, 0.717) is 5.75 Å². The molecule has 0 saturated carbocycles.